The first kappa shape index (κ1) is 12.0. The monoisotopic (exact) mass is 272 g/mol. The predicted molar refractivity (Wildman–Crippen MR) is 70.4 cm³/mol. The van der Waals surface area contributed by atoms with Crippen LogP contribution in [0.25, 0.3) is 0 Å². The molecule has 15 heavy (non-hydrogen) atoms. The third-order valence-electron chi connectivity index (χ3n) is 4.79. The second-order valence-electron chi connectivity index (χ2n) is 5.71. The largest absolute Gasteiger partial charge is 0.0891 e. The van der Waals surface area contributed by atoms with Crippen molar-refractivity contribution in [1.82, 2.24) is 0 Å². The zero-order chi connectivity index (χ0) is 10.7. The van der Waals surface area contributed by atoms with Crippen LogP contribution in [0.2, 0.25) is 0 Å². The molecule has 0 saturated heterocycles. The summed E-state index contributed by atoms with van der Waals surface area (Å²) >= 11 is 3.82. The minimum Gasteiger partial charge on any atom is -0.0891 e. The van der Waals surface area contributed by atoms with Crippen LogP contribution in [0.4, 0.5) is 0 Å². The van der Waals surface area contributed by atoms with Crippen molar-refractivity contribution in [2.24, 2.45) is 17.8 Å². The Balaban J connectivity index is 1.79. The van der Waals surface area contributed by atoms with E-state index in [0.29, 0.717) is 0 Å². The first-order valence-corrected chi connectivity index (χ1v) is 7.85. The fraction of sp³-hybridized carbons (Fsp3) is 1.00. The first-order valence-electron chi connectivity index (χ1n) is 6.93. The van der Waals surface area contributed by atoms with Crippen LogP contribution in [-0.4, -0.2) is 4.83 Å². The zero-order valence-electron chi connectivity index (χ0n) is 10.1. The molecule has 0 aromatic heterocycles. The highest BCUT2D eigenvalue weighted by atomic mass is 79.9. The van der Waals surface area contributed by atoms with Crippen LogP contribution in [0.15, 0.2) is 0 Å². The van der Waals surface area contributed by atoms with E-state index in [1.807, 2.05) is 0 Å². The SMILES string of the molecule is CCC1CCC(C2CCCC(Br)C2)CC1. The van der Waals surface area contributed by atoms with Crippen LogP contribution in [0, 0.1) is 17.8 Å². The summed E-state index contributed by atoms with van der Waals surface area (Å²) in [7, 11) is 0. The molecule has 0 bridgehead atoms. The van der Waals surface area contributed by atoms with Gasteiger partial charge in [0, 0.05) is 4.83 Å². The number of halogens is 1. The fourth-order valence-electron chi connectivity index (χ4n) is 3.66. The standard InChI is InChI=1S/C14H25Br/c1-2-11-6-8-12(9-7-11)13-4-3-5-14(15)10-13/h11-14H,2-10H2,1H3. The van der Waals surface area contributed by atoms with Crippen molar-refractivity contribution in [2.75, 3.05) is 0 Å². The molecule has 1 heteroatoms. The van der Waals surface area contributed by atoms with Gasteiger partial charge in [0.25, 0.3) is 0 Å². The molecule has 2 aliphatic carbocycles. The lowest BCUT2D eigenvalue weighted by Gasteiger charge is -2.37. The van der Waals surface area contributed by atoms with Crippen LogP contribution in [0.3, 0.4) is 0 Å². The van der Waals surface area contributed by atoms with Gasteiger partial charge in [0.2, 0.25) is 0 Å². The smallest absolute Gasteiger partial charge is 0.0148 e. The maximum Gasteiger partial charge on any atom is 0.0148 e. The summed E-state index contributed by atoms with van der Waals surface area (Å²) in [6.45, 7) is 2.36. The Kier molecular flexibility index (Phi) is 4.54. The molecule has 2 fully saturated rings. The Hall–Kier alpha value is 0.480. The van der Waals surface area contributed by atoms with Gasteiger partial charge in [-0.1, -0.05) is 55.0 Å². The van der Waals surface area contributed by atoms with Gasteiger partial charge in [-0.05, 0) is 43.4 Å². The van der Waals surface area contributed by atoms with Crippen LogP contribution in [0.5, 0.6) is 0 Å². The second kappa shape index (κ2) is 5.70. The summed E-state index contributed by atoms with van der Waals surface area (Å²) in [6, 6.07) is 0. The van der Waals surface area contributed by atoms with E-state index < -0.39 is 0 Å². The quantitative estimate of drug-likeness (QED) is 0.610. The van der Waals surface area contributed by atoms with Crippen molar-refractivity contribution >= 4 is 15.9 Å². The van der Waals surface area contributed by atoms with Crippen molar-refractivity contribution < 1.29 is 0 Å². The van der Waals surface area contributed by atoms with E-state index in [-0.39, 0.29) is 0 Å². The summed E-state index contributed by atoms with van der Waals surface area (Å²) in [5.74, 6) is 3.19. The van der Waals surface area contributed by atoms with Gasteiger partial charge in [0.15, 0.2) is 0 Å². The third kappa shape index (κ3) is 3.22. The predicted octanol–water partition coefficient (Wildman–Crippen LogP) is 5.16. The molecule has 0 aliphatic heterocycles. The molecule has 0 nitrogen and oxygen atoms in total. The maximum atomic E-state index is 3.82. The molecule has 0 heterocycles. The molecule has 2 aliphatic rings. The van der Waals surface area contributed by atoms with E-state index in [4.69, 9.17) is 0 Å². The third-order valence-corrected chi connectivity index (χ3v) is 5.62. The summed E-state index contributed by atoms with van der Waals surface area (Å²) in [5.41, 5.74) is 0. The van der Waals surface area contributed by atoms with Gasteiger partial charge in [-0.15, -0.1) is 0 Å². The van der Waals surface area contributed by atoms with E-state index in [9.17, 15) is 0 Å². The van der Waals surface area contributed by atoms with Gasteiger partial charge in [0.1, 0.15) is 0 Å². The summed E-state index contributed by atoms with van der Waals surface area (Å²) in [4.78, 5) is 0.833. The van der Waals surface area contributed by atoms with E-state index >= 15 is 0 Å². The van der Waals surface area contributed by atoms with Crippen molar-refractivity contribution in [3.63, 3.8) is 0 Å². The van der Waals surface area contributed by atoms with Gasteiger partial charge < -0.3 is 0 Å². The Bertz CT molecular complexity index is 182. The van der Waals surface area contributed by atoms with Crippen LogP contribution in [0.1, 0.15) is 64.7 Å². The molecular formula is C14H25Br. The molecule has 2 unspecified atom stereocenters. The Morgan fingerprint density at radius 1 is 0.933 bits per heavy atom. The summed E-state index contributed by atoms with van der Waals surface area (Å²) in [5, 5.41) is 0. The number of hydrogen-bond acceptors (Lipinski definition) is 0. The summed E-state index contributed by atoms with van der Waals surface area (Å²) in [6.07, 6.45) is 13.4. The van der Waals surface area contributed by atoms with Gasteiger partial charge >= 0.3 is 0 Å². The average Bonchev–Trinajstić information content (AvgIpc) is 2.29. The average molecular weight is 273 g/mol. The first-order chi connectivity index (χ1) is 7.29. The molecule has 2 saturated carbocycles. The molecule has 0 N–H and O–H groups in total. The van der Waals surface area contributed by atoms with E-state index in [1.54, 1.807) is 0 Å². The highest BCUT2D eigenvalue weighted by Crippen LogP contribution is 2.41. The molecule has 0 radical (unpaired) electrons. The molecule has 0 spiro atoms. The van der Waals surface area contributed by atoms with Gasteiger partial charge in [-0.25, -0.2) is 0 Å². The fourth-order valence-corrected chi connectivity index (χ4v) is 4.47. The molecule has 2 atom stereocenters. The van der Waals surface area contributed by atoms with E-state index in [0.717, 1.165) is 22.6 Å². The minimum atomic E-state index is 0.833. The van der Waals surface area contributed by atoms with Crippen LogP contribution < -0.4 is 0 Å². The topological polar surface area (TPSA) is 0 Å². The molecule has 88 valence electrons. The zero-order valence-corrected chi connectivity index (χ0v) is 11.6. The van der Waals surface area contributed by atoms with Crippen molar-refractivity contribution in [3.8, 4) is 0 Å². The molecular weight excluding hydrogens is 248 g/mol. The summed E-state index contributed by atoms with van der Waals surface area (Å²) < 4.78 is 0. The Morgan fingerprint density at radius 3 is 2.27 bits per heavy atom. The van der Waals surface area contributed by atoms with Gasteiger partial charge in [-0.2, -0.15) is 0 Å². The maximum absolute atomic E-state index is 3.82. The van der Waals surface area contributed by atoms with Crippen molar-refractivity contribution in [3.05, 3.63) is 0 Å². The molecule has 0 aromatic carbocycles. The van der Waals surface area contributed by atoms with Crippen molar-refractivity contribution in [2.45, 2.75) is 69.5 Å². The Morgan fingerprint density at radius 2 is 1.67 bits per heavy atom. The Labute approximate surface area is 103 Å². The number of alkyl halides is 1. The second-order valence-corrected chi connectivity index (χ2v) is 7.01. The van der Waals surface area contributed by atoms with Crippen LogP contribution >= 0.6 is 15.9 Å². The lowest BCUT2D eigenvalue weighted by molar-refractivity contribution is 0.168. The normalized spacial score (nSPS) is 42.8. The number of hydrogen-bond donors (Lipinski definition) is 0. The molecule has 2 rings (SSSR count). The van der Waals surface area contributed by atoms with Crippen LogP contribution in [-0.2, 0) is 0 Å². The molecule has 0 amide bonds. The van der Waals surface area contributed by atoms with Gasteiger partial charge in [0.05, 0.1) is 0 Å². The van der Waals surface area contributed by atoms with E-state index in [1.165, 1.54) is 57.8 Å². The van der Waals surface area contributed by atoms with Crippen molar-refractivity contribution in [1.29, 1.82) is 0 Å². The lowest BCUT2D eigenvalue weighted by atomic mass is 9.70. The number of rotatable bonds is 2. The highest BCUT2D eigenvalue weighted by molar-refractivity contribution is 9.09. The van der Waals surface area contributed by atoms with Gasteiger partial charge in [-0.3, -0.25) is 0 Å². The van der Waals surface area contributed by atoms with E-state index in [2.05, 4.69) is 22.9 Å². The molecule has 0 aromatic rings. The minimum absolute atomic E-state index is 0.833. The lowest BCUT2D eigenvalue weighted by Crippen LogP contribution is -2.26. The highest BCUT2D eigenvalue weighted by Gasteiger charge is 2.30.